The molecular formula is C28H40N4O. The molecule has 0 amide bonds. The third-order valence-electron chi connectivity index (χ3n) is 7.14. The molecule has 1 aromatic carbocycles. The first kappa shape index (κ1) is 23.7. The predicted octanol–water partition coefficient (Wildman–Crippen LogP) is 6.43. The van der Waals surface area contributed by atoms with Gasteiger partial charge >= 0.3 is 0 Å². The summed E-state index contributed by atoms with van der Waals surface area (Å²) in [6, 6.07) is 6.40. The van der Waals surface area contributed by atoms with E-state index in [1.54, 1.807) is 0 Å². The number of pyridine rings is 1. The number of H-pyrrole nitrogens is 1. The standard InChI is InChI=1S/C28H40N4O/c1-19-18-29-25(33-16-8-7-9-21-12-14-32(6)15-13-21)17-22(19)27-30-24-11-10-23(28(3,4)5)20(2)26(24)31-27/h10-11,17-18,21H,7-9,12-16H2,1-6H3,(H,30,31). The molecule has 3 aromatic rings. The summed E-state index contributed by atoms with van der Waals surface area (Å²) in [7, 11) is 2.22. The largest absolute Gasteiger partial charge is 0.478 e. The van der Waals surface area contributed by atoms with Crippen molar-refractivity contribution in [2.24, 2.45) is 5.92 Å². The Balaban J connectivity index is 1.41. The van der Waals surface area contributed by atoms with Gasteiger partial charge in [0.25, 0.3) is 0 Å². The minimum Gasteiger partial charge on any atom is -0.478 e. The van der Waals surface area contributed by atoms with Crippen molar-refractivity contribution < 1.29 is 4.74 Å². The summed E-state index contributed by atoms with van der Waals surface area (Å²) in [5.74, 6) is 2.45. The van der Waals surface area contributed by atoms with Crippen LogP contribution in [0.2, 0.25) is 0 Å². The lowest BCUT2D eigenvalue weighted by Gasteiger charge is -2.28. The zero-order valence-corrected chi connectivity index (χ0v) is 21.3. The van der Waals surface area contributed by atoms with Gasteiger partial charge in [0, 0.05) is 17.8 Å². The fraction of sp³-hybridized carbons (Fsp3) is 0.571. The molecule has 0 aliphatic carbocycles. The SMILES string of the molecule is Cc1cnc(OCCCCC2CCN(C)CC2)cc1-c1nc2c(C)c(C(C)(C)C)ccc2[nH]1. The Labute approximate surface area is 199 Å². The molecule has 5 heteroatoms. The van der Waals surface area contributed by atoms with Crippen LogP contribution in [-0.4, -0.2) is 46.6 Å². The highest BCUT2D eigenvalue weighted by molar-refractivity contribution is 5.84. The Morgan fingerprint density at radius 1 is 1.12 bits per heavy atom. The second-order valence-corrected chi connectivity index (χ2v) is 10.9. The minimum atomic E-state index is 0.0956. The molecule has 1 aliphatic rings. The van der Waals surface area contributed by atoms with Crippen LogP contribution in [0.4, 0.5) is 0 Å². The monoisotopic (exact) mass is 448 g/mol. The molecule has 1 fully saturated rings. The number of aromatic amines is 1. The molecule has 178 valence electrons. The zero-order valence-electron chi connectivity index (χ0n) is 21.3. The molecule has 1 aliphatic heterocycles. The zero-order chi connectivity index (χ0) is 23.6. The van der Waals surface area contributed by atoms with E-state index in [-0.39, 0.29) is 5.41 Å². The molecule has 3 heterocycles. The van der Waals surface area contributed by atoms with Gasteiger partial charge in [-0.3, -0.25) is 0 Å². The Bertz CT molecular complexity index is 1090. The van der Waals surface area contributed by atoms with E-state index in [4.69, 9.17) is 9.72 Å². The van der Waals surface area contributed by atoms with E-state index >= 15 is 0 Å². The van der Waals surface area contributed by atoms with Crippen LogP contribution in [0.15, 0.2) is 24.4 Å². The van der Waals surface area contributed by atoms with Crippen LogP contribution in [0.5, 0.6) is 5.88 Å². The molecule has 2 aromatic heterocycles. The van der Waals surface area contributed by atoms with Gasteiger partial charge in [-0.25, -0.2) is 9.97 Å². The maximum atomic E-state index is 6.03. The number of imidazole rings is 1. The normalized spacial score (nSPS) is 15.9. The molecule has 1 saturated heterocycles. The Kier molecular flexibility index (Phi) is 7.08. The first-order chi connectivity index (χ1) is 15.7. The van der Waals surface area contributed by atoms with Crippen LogP contribution < -0.4 is 4.74 Å². The second-order valence-electron chi connectivity index (χ2n) is 10.9. The minimum absolute atomic E-state index is 0.0956. The Morgan fingerprint density at radius 2 is 1.88 bits per heavy atom. The number of rotatable bonds is 7. The van der Waals surface area contributed by atoms with Crippen LogP contribution in [0.3, 0.4) is 0 Å². The highest BCUT2D eigenvalue weighted by atomic mass is 16.5. The summed E-state index contributed by atoms with van der Waals surface area (Å²) in [5, 5.41) is 0. The summed E-state index contributed by atoms with van der Waals surface area (Å²) in [4.78, 5) is 15.4. The van der Waals surface area contributed by atoms with Gasteiger partial charge in [0.2, 0.25) is 5.88 Å². The predicted molar refractivity (Wildman–Crippen MR) is 137 cm³/mol. The number of piperidine rings is 1. The van der Waals surface area contributed by atoms with E-state index in [2.05, 4.69) is 68.7 Å². The lowest BCUT2D eigenvalue weighted by molar-refractivity contribution is 0.205. The summed E-state index contributed by atoms with van der Waals surface area (Å²) < 4.78 is 6.03. The van der Waals surface area contributed by atoms with E-state index in [1.165, 1.54) is 49.9 Å². The third-order valence-corrected chi connectivity index (χ3v) is 7.14. The molecule has 0 bridgehead atoms. The van der Waals surface area contributed by atoms with E-state index in [1.807, 2.05) is 12.3 Å². The molecule has 1 N–H and O–H groups in total. The number of aromatic nitrogens is 3. The van der Waals surface area contributed by atoms with Crippen LogP contribution in [0.25, 0.3) is 22.4 Å². The van der Waals surface area contributed by atoms with Crippen LogP contribution in [0.1, 0.15) is 69.6 Å². The van der Waals surface area contributed by atoms with Gasteiger partial charge in [-0.2, -0.15) is 0 Å². The average molecular weight is 449 g/mol. The van der Waals surface area contributed by atoms with Crippen molar-refractivity contribution in [2.75, 3.05) is 26.7 Å². The van der Waals surface area contributed by atoms with Gasteiger partial charge < -0.3 is 14.6 Å². The van der Waals surface area contributed by atoms with Crippen molar-refractivity contribution in [3.63, 3.8) is 0 Å². The number of nitrogens with zero attached hydrogens (tertiary/aromatic N) is 3. The van der Waals surface area contributed by atoms with Gasteiger partial charge in [0.15, 0.2) is 0 Å². The molecule has 33 heavy (non-hydrogen) atoms. The number of aryl methyl sites for hydroxylation is 2. The molecule has 0 saturated carbocycles. The quantitative estimate of drug-likeness (QED) is 0.423. The van der Waals surface area contributed by atoms with Gasteiger partial charge in [-0.05, 0) is 93.8 Å². The Morgan fingerprint density at radius 3 is 2.61 bits per heavy atom. The van der Waals surface area contributed by atoms with E-state index in [0.29, 0.717) is 5.88 Å². The maximum absolute atomic E-state index is 6.03. The number of likely N-dealkylation sites (tertiary alicyclic amines) is 1. The number of hydrogen-bond acceptors (Lipinski definition) is 4. The van der Waals surface area contributed by atoms with E-state index < -0.39 is 0 Å². The number of benzene rings is 1. The molecular weight excluding hydrogens is 408 g/mol. The van der Waals surface area contributed by atoms with E-state index in [9.17, 15) is 0 Å². The second kappa shape index (κ2) is 9.84. The molecule has 0 atom stereocenters. The molecule has 0 spiro atoms. The molecule has 0 unspecified atom stereocenters. The fourth-order valence-corrected chi connectivity index (χ4v) is 5.05. The first-order valence-electron chi connectivity index (χ1n) is 12.5. The van der Waals surface area contributed by atoms with Crippen molar-refractivity contribution >= 4 is 11.0 Å². The van der Waals surface area contributed by atoms with Crippen molar-refractivity contribution in [2.45, 2.75) is 72.1 Å². The number of ether oxygens (including phenoxy) is 1. The lowest BCUT2D eigenvalue weighted by Crippen LogP contribution is -2.30. The molecule has 0 radical (unpaired) electrons. The number of nitrogens with one attached hydrogen (secondary N) is 1. The highest BCUT2D eigenvalue weighted by Crippen LogP contribution is 2.32. The number of fused-ring (bicyclic) bond motifs is 1. The van der Waals surface area contributed by atoms with Crippen LogP contribution >= 0.6 is 0 Å². The van der Waals surface area contributed by atoms with Gasteiger partial charge in [-0.15, -0.1) is 0 Å². The first-order valence-corrected chi connectivity index (χ1v) is 12.5. The summed E-state index contributed by atoms with van der Waals surface area (Å²) in [5.41, 5.74) is 6.95. The van der Waals surface area contributed by atoms with Gasteiger partial charge in [0.05, 0.1) is 17.6 Å². The topological polar surface area (TPSA) is 54.0 Å². The van der Waals surface area contributed by atoms with Crippen molar-refractivity contribution in [1.82, 2.24) is 19.9 Å². The smallest absolute Gasteiger partial charge is 0.213 e. The fourth-order valence-electron chi connectivity index (χ4n) is 5.05. The average Bonchev–Trinajstić information content (AvgIpc) is 3.20. The number of unbranched alkanes of at least 4 members (excludes halogenated alkanes) is 1. The number of hydrogen-bond donors (Lipinski definition) is 1. The summed E-state index contributed by atoms with van der Waals surface area (Å²) >= 11 is 0. The van der Waals surface area contributed by atoms with Crippen LogP contribution in [0, 0.1) is 19.8 Å². The van der Waals surface area contributed by atoms with E-state index in [0.717, 1.165) is 46.9 Å². The third kappa shape index (κ3) is 5.57. The van der Waals surface area contributed by atoms with Crippen LogP contribution in [-0.2, 0) is 5.41 Å². The lowest BCUT2D eigenvalue weighted by atomic mass is 9.84. The van der Waals surface area contributed by atoms with Crippen molar-refractivity contribution in [3.8, 4) is 17.3 Å². The molecule has 4 rings (SSSR count). The molecule has 5 nitrogen and oxygen atoms in total. The van der Waals surface area contributed by atoms with Crippen molar-refractivity contribution in [3.05, 3.63) is 41.1 Å². The van der Waals surface area contributed by atoms with Crippen molar-refractivity contribution in [1.29, 1.82) is 0 Å². The van der Waals surface area contributed by atoms with Gasteiger partial charge in [0.1, 0.15) is 5.82 Å². The van der Waals surface area contributed by atoms with Gasteiger partial charge in [-0.1, -0.05) is 33.3 Å². The summed E-state index contributed by atoms with van der Waals surface area (Å²) in [6.45, 7) is 14.2. The summed E-state index contributed by atoms with van der Waals surface area (Å²) in [6.07, 6.45) is 8.20. The highest BCUT2D eigenvalue weighted by Gasteiger charge is 2.20. The Hall–Kier alpha value is -2.40. The maximum Gasteiger partial charge on any atom is 0.213 e.